The van der Waals surface area contributed by atoms with Gasteiger partial charge in [-0.1, -0.05) is 61.3 Å². The number of hydrogen-bond acceptors (Lipinski definition) is 6. The van der Waals surface area contributed by atoms with E-state index in [4.69, 9.17) is 28.2 Å². The molecular formula is C30H32Cl2N5O2S+. The van der Waals surface area contributed by atoms with Gasteiger partial charge in [-0.25, -0.2) is 14.3 Å². The minimum Gasteiger partial charge on any atom is -0.354 e. The van der Waals surface area contributed by atoms with Crippen molar-refractivity contribution in [1.82, 2.24) is 10.2 Å². The molecule has 5 rings (SSSR count). The fourth-order valence-electron chi connectivity index (χ4n) is 6.36. The van der Waals surface area contributed by atoms with E-state index in [2.05, 4.69) is 37.1 Å². The molecule has 3 aliphatic rings. The van der Waals surface area contributed by atoms with Crippen molar-refractivity contribution >= 4 is 51.9 Å². The molecule has 1 fully saturated rings. The lowest BCUT2D eigenvalue weighted by Crippen LogP contribution is -2.61. The Morgan fingerprint density at radius 3 is 2.27 bits per heavy atom. The van der Waals surface area contributed by atoms with Crippen LogP contribution in [0.1, 0.15) is 50.8 Å². The second kappa shape index (κ2) is 10.5. The molecule has 2 aromatic carbocycles. The largest absolute Gasteiger partial charge is 0.356 e. The lowest BCUT2D eigenvalue weighted by molar-refractivity contribution is -0.851. The highest BCUT2D eigenvalue weighted by molar-refractivity contribution is 8.18. The maximum absolute atomic E-state index is 14.5. The molecule has 5 atom stereocenters. The first kappa shape index (κ1) is 28.7. The Morgan fingerprint density at radius 1 is 1.12 bits per heavy atom. The van der Waals surface area contributed by atoms with Crippen molar-refractivity contribution in [2.45, 2.75) is 57.3 Å². The molecule has 2 amide bonds. The number of carbonyl (C=O) groups excluding carboxylic acids is 2. The zero-order valence-corrected chi connectivity index (χ0v) is 25.4. The Balaban J connectivity index is 1.67. The van der Waals surface area contributed by atoms with Crippen LogP contribution in [0.25, 0.3) is 0 Å². The zero-order valence-electron chi connectivity index (χ0n) is 23.1. The van der Waals surface area contributed by atoms with E-state index in [-0.39, 0.29) is 28.3 Å². The molecule has 3 heterocycles. The van der Waals surface area contributed by atoms with Gasteiger partial charge in [-0.05, 0) is 60.0 Å². The average Bonchev–Trinajstić information content (AvgIpc) is 3.56. The molecule has 2 aromatic rings. The van der Waals surface area contributed by atoms with Crippen LogP contribution in [0.15, 0.2) is 64.1 Å². The van der Waals surface area contributed by atoms with Crippen LogP contribution < -0.4 is 5.32 Å². The van der Waals surface area contributed by atoms with E-state index in [1.54, 1.807) is 14.1 Å². The molecule has 0 bridgehead atoms. The van der Waals surface area contributed by atoms with Gasteiger partial charge in [0.2, 0.25) is 0 Å². The maximum Gasteiger partial charge on any atom is 0.356 e. The second-order valence-electron chi connectivity index (χ2n) is 11.1. The first-order valence-electron chi connectivity index (χ1n) is 13.3. The molecule has 40 heavy (non-hydrogen) atoms. The number of fused-ring (bicyclic) bond motifs is 1. The Labute approximate surface area is 249 Å². The highest BCUT2D eigenvalue weighted by Crippen LogP contribution is 2.57. The molecule has 3 aliphatic heterocycles. The number of allylic oxidation sites excluding steroid dienone is 1. The fourth-order valence-corrected chi connectivity index (χ4v) is 8.06. The highest BCUT2D eigenvalue weighted by atomic mass is 35.5. The monoisotopic (exact) mass is 596 g/mol. The van der Waals surface area contributed by atoms with E-state index in [9.17, 15) is 14.9 Å². The number of nitriles is 1. The first-order chi connectivity index (χ1) is 19.0. The van der Waals surface area contributed by atoms with Gasteiger partial charge in [0.15, 0.2) is 17.3 Å². The van der Waals surface area contributed by atoms with Crippen LogP contribution in [0.3, 0.4) is 0 Å². The Kier molecular flexibility index (Phi) is 7.56. The average molecular weight is 598 g/mol. The number of thioether (sulfide) groups is 1. The summed E-state index contributed by atoms with van der Waals surface area (Å²) < 4.78 is -0.268. The van der Waals surface area contributed by atoms with Crippen LogP contribution in [0.4, 0.5) is 0 Å². The summed E-state index contributed by atoms with van der Waals surface area (Å²) in [6, 6.07) is 16.3. The number of likely N-dealkylation sites (tertiary alicyclic amines) is 1. The highest BCUT2D eigenvalue weighted by Gasteiger charge is 2.60. The summed E-state index contributed by atoms with van der Waals surface area (Å²) in [6.07, 6.45) is 0.959. The SMILES string of the molecule is CNC(=O)[C@@H]1CC[C@@H](C#N)[N+]1(C)C(=O)C1=C(C(C)C)N2C(=N[C@@](C)(c3ccc(Cl)cc3)[C@H]2c2ccc(Cl)cc2)S1. The maximum atomic E-state index is 14.5. The number of nitrogens with zero attached hydrogens (tertiary/aromatic N) is 4. The van der Waals surface area contributed by atoms with Crippen LogP contribution in [-0.2, 0) is 15.1 Å². The number of carbonyl (C=O) groups is 2. The van der Waals surface area contributed by atoms with Crippen LogP contribution in [0.5, 0.6) is 0 Å². The fraction of sp³-hybridized carbons (Fsp3) is 0.400. The summed E-state index contributed by atoms with van der Waals surface area (Å²) in [5.41, 5.74) is 2.18. The van der Waals surface area contributed by atoms with E-state index < -0.39 is 17.6 Å². The Morgan fingerprint density at radius 2 is 1.73 bits per heavy atom. The smallest absolute Gasteiger partial charge is 0.354 e. The van der Waals surface area contributed by atoms with E-state index in [1.807, 2.05) is 48.5 Å². The van der Waals surface area contributed by atoms with Gasteiger partial charge in [0, 0.05) is 35.6 Å². The summed E-state index contributed by atoms with van der Waals surface area (Å²) in [7, 11) is 3.30. The third-order valence-electron chi connectivity index (χ3n) is 8.51. The molecule has 0 radical (unpaired) electrons. The van der Waals surface area contributed by atoms with Gasteiger partial charge in [-0.2, -0.15) is 5.26 Å². The topological polar surface area (TPSA) is 85.6 Å². The van der Waals surface area contributed by atoms with Gasteiger partial charge in [0.05, 0.1) is 13.1 Å². The number of amidine groups is 1. The minimum absolute atomic E-state index is 0.0327. The summed E-state index contributed by atoms with van der Waals surface area (Å²) in [4.78, 5) is 35.4. The van der Waals surface area contributed by atoms with E-state index >= 15 is 0 Å². The van der Waals surface area contributed by atoms with Crippen LogP contribution in [-0.4, -0.2) is 52.5 Å². The normalized spacial score (nSPS) is 29.4. The van der Waals surface area contributed by atoms with Crippen LogP contribution >= 0.6 is 35.0 Å². The number of quaternary nitrogens is 1. The van der Waals surface area contributed by atoms with Gasteiger partial charge in [-0.3, -0.25) is 4.79 Å². The molecule has 0 aromatic heterocycles. The van der Waals surface area contributed by atoms with Gasteiger partial charge in [0.1, 0.15) is 16.5 Å². The van der Waals surface area contributed by atoms with E-state index in [0.29, 0.717) is 27.8 Å². The first-order valence-corrected chi connectivity index (χ1v) is 14.9. The van der Waals surface area contributed by atoms with Crippen molar-refractivity contribution < 1.29 is 14.1 Å². The molecule has 7 nitrogen and oxygen atoms in total. The van der Waals surface area contributed by atoms with Crippen molar-refractivity contribution in [1.29, 1.82) is 5.26 Å². The third kappa shape index (κ3) is 4.35. The lowest BCUT2D eigenvalue weighted by atomic mass is 9.81. The molecule has 0 saturated carbocycles. The number of rotatable bonds is 5. The Hall–Kier alpha value is -2.83. The number of hydrogen-bond donors (Lipinski definition) is 1. The Bertz CT molecular complexity index is 1470. The van der Waals surface area contributed by atoms with Crippen molar-refractivity contribution in [3.8, 4) is 6.07 Å². The van der Waals surface area contributed by atoms with Gasteiger partial charge < -0.3 is 10.2 Å². The zero-order chi connectivity index (χ0) is 29.0. The van der Waals surface area contributed by atoms with Gasteiger partial charge >= 0.3 is 5.91 Å². The predicted molar refractivity (Wildman–Crippen MR) is 159 cm³/mol. The van der Waals surface area contributed by atoms with Crippen molar-refractivity contribution in [3.05, 3.63) is 80.3 Å². The van der Waals surface area contributed by atoms with Crippen molar-refractivity contribution in [2.24, 2.45) is 10.9 Å². The summed E-state index contributed by atoms with van der Waals surface area (Å²) in [6.45, 7) is 6.22. The molecule has 208 valence electrons. The molecular weight excluding hydrogens is 565 g/mol. The second-order valence-corrected chi connectivity index (χ2v) is 13.0. The summed E-state index contributed by atoms with van der Waals surface area (Å²) >= 11 is 13.8. The number of amides is 2. The molecule has 10 heteroatoms. The number of likely N-dealkylation sites (N-methyl/N-ethyl adjacent to an activating group) is 2. The number of aliphatic imine (C=N–C) groups is 1. The van der Waals surface area contributed by atoms with Gasteiger partial charge in [-0.15, -0.1) is 0 Å². The van der Waals surface area contributed by atoms with E-state index in [1.165, 1.54) is 11.8 Å². The standard InChI is InChI=1S/C30H31Cl2N5O2S/c1-17(2)24-25(28(39)37(5)22(16-33)14-15-23(37)27(38)34-4)40-29-35-30(3,19-8-12-21(32)13-9-19)26(36(24)29)18-6-10-20(31)11-7-18/h6-13,17,22-23,26H,14-15H2,1-5H3/p+1/t22-,23-,26+,30-,37?/m0/s1. The third-order valence-corrected chi connectivity index (χ3v) is 10.1. The number of benzene rings is 2. The van der Waals surface area contributed by atoms with Crippen molar-refractivity contribution in [3.63, 3.8) is 0 Å². The van der Waals surface area contributed by atoms with Gasteiger partial charge in [0.25, 0.3) is 5.91 Å². The van der Waals surface area contributed by atoms with Crippen LogP contribution in [0, 0.1) is 17.2 Å². The minimum atomic E-state index is -0.679. The molecule has 0 spiro atoms. The molecule has 1 N–H and O–H groups in total. The van der Waals surface area contributed by atoms with E-state index in [0.717, 1.165) is 22.0 Å². The molecule has 1 unspecified atom stereocenters. The number of halogens is 2. The van der Waals surface area contributed by atoms with Crippen LogP contribution in [0.2, 0.25) is 10.0 Å². The number of nitrogens with one attached hydrogen (secondary N) is 1. The lowest BCUT2D eigenvalue weighted by Gasteiger charge is -2.38. The predicted octanol–water partition coefficient (Wildman–Crippen LogP) is 6.01. The summed E-state index contributed by atoms with van der Waals surface area (Å²) in [5.74, 6) is -0.475. The molecule has 0 aliphatic carbocycles. The summed E-state index contributed by atoms with van der Waals surface area (Å²) in [5, 5.41) is 14.7. The quantitative estimate of drug-likeness (QED) is 0.427. The van der Waals surface area contributed by atoms with Crippen molar-refractivity contribution in [2.75, 3.05) is 14.1 Å². The molecule has 1 saturated heterocycles.